The normalized spacial score (nSPS) is 10.4. The van der Waals surface area contributed by atoms with E-state index in [0.717, 1.165) is 11.1 Å². The molecule has 0 fully saturated rings. The quantitative estimate of drug-likeness (QED) is 0.322. The standard InChI is InChI=1S/C20H23N3O2S/c1-4-11-21-20(26)23-22-13-17-9-6-10-18(24-3)19(17)25-14-16-8-5-7-15(2)12-16/h4-10,12-13H,1,11,14H2,2-3H3,(H2,21,23,26)/b22-13+. The molecule has 0 radical (unpaired) electrons. The van der Waals surface area contributed by atoms with E-state index >= 15 is 0 Å². The van der Waals surface area contributed by atoms with E-state index in [1.54, 1.807) is 19.4 Å². The molecule has 0 saturated carbocycles. The van der Waals surface area contributed by atoms with E-state index in [0.29, 0.717) is 29.8 Å². The van der Waals surface area contributed by atoms with Crippen LogP contribution < -0.4 is 20.2 Å². The molecule has 0 saturated heterocycles. The minimum Gasteiger partial charge on any atom is -0.493 e. The first-order valence-electron chi connectivity index (χ1n) is 8.17. The highest BCUT2D eigenvalue weighted by molar-refractivity contribution is 7.80. The van der Waals surface area contributed by atoms with E-state index in [4.69, 9.17) is 21.7 Å². The van der Waals surface area contributed by atoms with E-state index in [1.165, 1.54) is 5.56 Å². The molecule has 136 valence electrons. The van der Waals surface area contributed by atoms with Crippen LogP contribution in [0.1, 0.15) is 16.7 Å². The summed E-state index contributed by atoms with van der Waals surface area (Å²) in [5, 5.41) is 7.51. The number of para-hydroxylation sites is 1. The molecule has 26 heavy (non-hydrogen) atoms. The van der Waals surface area contributed by atoms with Gasteiger partial charge in [-0.25, -0.2) is 0 Å². The second kappa shape index (κ2) is 10.2. The molecule has 2 rings (SSSR count). The average molecular weight is 369 g/mol. The Morgan fingerprint density at radius 3 is 2.81 bits per heavy atom. The summed E-state index contributed by atoms with van der Waals surface area (Å²) in [6.07, 6.45) is 3.37. The molecule has 0 aliphatic heterocycles. The maximum absolute atomic E-state index is 6.02. The van der Waals surface area contributed by atoms with Gasteiger partial charge in [-0.1, -0.05) is 42.0 Å². The summed E-state index contributed by atoms with van der Waals surface area (Å²) in [5.41, 5.74) is 5.83. The monoisotopic (exact) mass is 369 g/mol. The number of hydrogen-bond acceptors (Lipinski definition) is 4. The molecule has 0 amide bonds. The number of ether oxygens (including phenoxy) is 2. The molecule has 0 atom stereocenters. The Labute approximate surface area is 159 Å². The average Bonchev–Trinajstić information content (AvgIpc) is 2.65. The maximum Gasteiger partial charge on any atom is 0.187 e. The number of benzene rings is 2. The van der Waals surface area contributed by atoms with E-state index in [9.17, 15) is 0 Å². The molecule has 2 aromatic carbocycles. The van der Waals surface area contributed by atoms with Crippen molar-refractivity contribution >= 4 is 23.5 Å². The van der Waals surface area contributed by atoms with Crippen molar-refractivity contribution in [2.75, 3.05) is 13.7 Å². The van der Waals surface area contributed by atoms with E-state index < -0.39 is 0 Å². The van der Waals surface area contributed by atoms with Gasteiger partial charge in [0, 0.05) is 12.1 Å². The molecular weight excluding hydrogens is 346 g/mol. The zero-order valence-corrected chi connectivity index (χ0v) is 15.8. The van der Waals surface area contributed by atoms with Gasteiger partial charge in [-0.05, 0) is 36.8 Å². The summed E-state index contributed by atoms with van der Waals surface area (Å²) in [6.45, 7) is 6.69. The van der Waals surface area contributed by atoms with Gasteiger partial charge < -0.3 is 14.8 Å². The largest absolute Gasteiger partial charge is 0.493 e. The van der Waals surface area contributed by atoms with Crippen molar-refractivity contribution in [3.8, 4) is 11.5 Å². The van der Waals surface area contributed by atoms with Crippen molar-refractivity contribution in [3.63, 3.8) is 0 Å². The molecule has 5 nitrogen and oxygen atoms in total. The van der Waals surface area contributed by atoms with Crippen molar-refractivity contribution in [1.82, 2.24) is 10.7 Å². The summed E-state index contributed by atoms with van der Waals surface area (Å²) in [4.78, 5) is 0. The molecule has 0 spiro atoms. The van der Waals surface area contributed by atoms with E-state index in [1.807, 2.05) is 30.3 Å². The van der Waals surface area contributed by atoms with Crippen molar-refractivity contribution in [2.24, 2.45) is 5.10 Å². The second-order valence-corrected chi connectivity index (χ2v) is 5.93. The molecule has 0 aliphatic rings. The van der Waals surface area contributed by atoms with Crippen LogP contribution in [0, 0.1) is 6.92 Å². The number of methoxy groups -OCH3 is 1. The number of nitrogens with one attached hydrogen (secondary N) is 2. The lowest BCUT2D eigenvalue weighted by Gasteiger charge is -2.13. The summed E-state index contributed by atoms with van der Waals surface area (Å²) in [5.74, 6) is 1.28. The van der Waals surface area contributed by atoms with Crippen LogP contribution in [0.25, 0.3) is 0 Å². The number of thiocarbonyl (C=S) groups is 1. The minimum absolute atomic E-state index is 0.422. The van der Waals surface area contributed by atoms with Crippen LogP contribution in [0.2, 0.25) is 0 Å². The molecule has 6 heteroatoms. The third-order valence-corrected chi connectivity index (χ3v) is 3.71. The molecule has 0 aliphatic carbocycles. The predicted molar refractivity (Wildman–Crippen MR) is 110 cm³/mol. The lowest BCUT2D eigenvalue weighted by atomic mass is 10.1. The first-order valence-corrected chi connectivity index (χ1v) is 8.58. The Morgan fingerprint density at radius 1 is 1.27 bits per heavy atom. The molecule has 0 heterocycles. The van der Waals surface area contributed by atoms with Gasteiger partial charge in [0.1, 0.15) is 6.61 Å². The van der Waals surface area contributed by atoms with Gasteiger partial charge >= 0.3 is 0 Å². The van der Waals surface area contributed by atoms with Crippen LogP contribution in [0.4, 0.5) is 0 Å². The fourth-order valence-electron chi connectivity index (χ4n) is 2.27. The molecule has 0 bridgehead atoms. The molecule has 2 aromatic rings. The van der Waals surface area contributed by atoms with Gasteiger partial charge in [-0.2, -0.15) is 5.10 Å². The van der Waals surface area contributed by atoms with Crippen LogP contribution in [0.3, 0.4) is 0 Å². The number of hydrogen-bond donors (Lipinski definition) is 2. The SMILES string of the molecule is C=CCNC(=S)N/N=C/c1cccc(OC)c1OCc1cccc(C)c1. The zero-order valence-electron chi connectivity index (χ0n) is 15.0. The number of hydrazone groups is 1. The number of rotatable bonds is 8. The number of aryl methyl sites for hydroxylation is 1. The summed E-state index contributed by atoms with van der Waals surface area (Å²) < 4.78 is 11.4. The van der Waals surface area contributed by atoms with Gasteiger partial charge in [-0.15, -0.1) is 6.58 Å². The maximum atomic E-state index is 6.02. The van der Waals surface area contributed by atoms with Crippen molar-refractivity contribution < 1.29 is 9.47 Å². The second-order valence-electron chi connectivity index (χ2n) is 5.53. The highest BCUT2D eigenvalue weighted by Gasteiger charge is 2.10. The summed E-state index contributed by atoms with van der Waals surface area (Å²) in [6, 6.07) is 13.8. The Morgan fingerprint density at radius 2 is 2.08 bits per heavy atom. The Kier molecular flexibility index (Phi) is 7.64. The first kappa shape index (κ1) is 19.5. The fourth-order valence-corrected chi connectivity index (χ4v) is 2.41. The fraction of sp³-hybridized carbons (Fsp3) is 0.200. The first-order chi connectivity index (χ1) is 12.6. The van der Waals surface area contributed by atoms with Crippen LogP contribution in [-0.4, -0.2) is 25.0 Å². The Hall–Kier alpha value is -2.86. The highest BCUT2D eigenvalue weighted by Crippen LogP contribution is 2.30. The zero-order chi connectivity index (χ0) is 18.8. The third-order valence-electron chi connectivity index (χ3n) is 3.47. The lowest BCUT2D eigenvalue weighted by Crippen LogP contribution is -2.31. The minimum atomic E-state index is 0.422. The van der Waals surface area contributed by atoms with Crippen LogP contribution in [-0.2, 0) is 6.61 Å². The summed E-state index contributed by atoms with van der Waals surface area (Å²) >= 11 is 5.10. The predicted octanol–water partition coefficient (Wildman–Crippen LogP) is 3.57. The van der Waals surface area contributed by atoms with Crippen LogP contribution in [0.5, 0.6) is 11.5 Å². The van der Waals surface area contributed by atoms with Gasteiger partial charge in [0.25, 0.3) is 0 Å². The van der Waals surface area contributed by atoms with Crippen LogP contribution >= 0.6 is 12.2 Å². The molecule has 0 aromatic heterocycles. The Bertz CT molecular complexity index is 790. The molecule has 2 N–H and O–H groups in total. The smallest absolute Gasteiger partial charge is 0.187 e. The third kappa shape index (κ3) is 5.89. The van der Waals surface area contributed by atoms with Gasteiger partial charge in [0.15, 0.2) is 16.6 Å². The van der Waals surface area contributed by atoms with Crippen molar-refractivity contribution in [1.29, 1.82) is 0 Å². The van der Waals surface area contributed by atoms with Gasteiger partial charge in [0.05, 0.1) is 13.3 Å². The topological polar surface area (TPSA) is 54.9 Å². The van der Waals surface area contributed by atoms with E-state index in [2.05, 4.69) is 41.5 Å². The molecule has 0 unspecified atom stereocenters. The summed E-state index contributed by atoms with van der Waals surface area (Å²) in [7, 11) is 1.61. The van der Waals surface area contributed by atoms with Gasteiger partial charge in [0.2, 0.25) is 0 Å². The van der Waals surface area contributed by atoms with Crippen molar-refractivity contribution in [2.45, 2.75) is 13.5 Å². The van der Waals surface area contributed by atoms with E-state index in [-0.39, 0.29) is 0 Å². The van der Waals surface area contributed by atoms with Gasteiger partial charge in [-0.3, -0.25) is 5.43 Å². The Balaban J connectivity index is 2.11. The molecular formula is C20H23N3O2S. The highest BCUT2D eigenvalue weighted by atomic mass is 32.1. The lowest BCUT2D eigenvalue weighted by molar-refractivity contribution is 0.284. The van der Waals surface area contributed by atoms with Crippen molar-refractivity contribution in [3.05, 3.63) is 71.8 Å². The number of nitrogens with zero attached hydrogens (tertiary/aromatic N) is 1. The van der Waals surface area contributed by atoms with Crippen LogP contribution in [0.15, 0.2) is 60.2 Å².